The van der Waals surface area contributed by atoms with Gasteiger partial charge in [0.05, 0.1) is 17.7 Å². The molecule has 2 aromatic carbocycles. The van der Waals surface area contributed by atoms with Crippen LogP contribution >= 0.6 is 11.6 Å². The summed E-state index contributed by atoms with van der Waals surface area (Å²) >= 11 is 5.58. The van der Waals surface area contributed by atoms with Crippen LogP contribution in [0, 0.1) is 0 Å². The summed E-state index contributed by atoms with van der Waals surface area (Å²) in [5.74, 6) is 0.427. The van der Waals surface area contributed by atoms with E-state index in [0.29, 0.717) is 0 Å². The molecule has 0 amide bonds. The van der Waals surface area contributed by atoms with Gasteiger partial charge in [-0.15, -0.1) is 11.6 Å². The van der Waals surface area contributed by atoms with E-state index in [2.05, 4.69) is 0 Å². The van der Waals surface area contributed by atoms with Gasteiger partial charge in [0, 0.05) is 5.88 Å². The zero-order valence-corrected chi connectivity index (χ0v) is 21.0. The van der Waals surface area contributed by atoms with Crippen LogP contribution in [0.3, 0.4) is 0 Å². The first kappa shape index (κ1) is 28.8. The van der Waals surface area contributed by atoms with E-state index >= 15 is 0 Å². The first-order valence-electron chi connectivity index (χ1n) is 12.6. The lowest BCUT2D eigenvalue weighted by molar-refractivity contribution is -0.139. The maximum Gasteiger partial charge on any atom is 0.416 e. The van der Waals surface area contributed by atoms with Crippen LogP contribution in [0.2, 0.25) is 0 Å². The molecule has 0 spiro atoms. The van der Waals surface area contributed by atoms with Gasteiger partial charge in [-0.2, -0.15) is 26.3 Å². The summed E-state index contributed by atoms with van der Waals surface area (Å²) in [6, 6.07) is 9.00. The fraction of sp³-hybridized carbons (Fsp3) is 0.571. The number of benzene rings is 2. The maximum absolute atomic E-state index is 12.9. The van der Waals surface area contributed by atoms with Gasteiger partial charge in [-0.25, -0.2) is 0 Å². The number of halogens is 7. The molecule has 2 aromatic rings. The van der Waals surface area contributed by atoms with Crippen molar-refractivity contribution in [2.24, 2.45) is 0 Å². The minimum atomic E-state index is -4.39. The quantitative estimate of drug-likeness (QED) is 0.306. The molecule has 0 unspecified atom stereocenters. The third-order valence-corrected chi connectivity index (χ3v) is 7.63. The first-order chi connectivity index (χ1) is 17.0. The second-order valence-corrected chi connectivity index (χ2v) is 10.1. The Morgan fingerprint density at radius 2 is 1.03 bits per heavy atom. The summed E-state index contributed by atoms with van der Waals surface area (Å²) < 4.78 is 77.4. The summed E-state index contributed by atoms with van der Waals surface area (Å²) in [5.41, 5.74) is 0.453. The zero-order chi connectivity index (χ0) is 26.3. The van der Waals surface area contributed by atoms with Gasteiger partial charge in [0.15, 0.2) is 0 Å². The molecule has 2 aliphatic rings. The predicted octanol–water partition coefficient (Wildman–Crippen LogP) is 9.74. The van der Waals surface area contributed by atoms with Crippen LogP contribution in [0.25, 0.3) is 0 Å². The highest BCUT2D eigenvalue weighted by Gasteiger charge is 2.35. The second-order valence-electron chi connectivity index (χ2n) is 9.79. The lowest BCUT2D eigenvalue weighted by Gasteiger charge is -2.23. The van der Waals surface area contributed by atoms with Crippen molar-refractivity contribution in [1.82, 2.24) is 0 Å². The molecule has 0 bridgehead atoms. The number of hydrogen-bond acceptors (Lipinski definition) is 1. The molecule has 0 atom stereocenters. The fourth-order valence-corrected chi connectivity index (χ4v) is 5.58. The summed E-state index contributed by atoms with van der Waals surface area (Å²) in [4.78, 5) is 0. The Hall–Kier alpha value is -1.73. The monoisotopic (exact) mass is 534 g/mol. The highest BCUT2D eigenvalue weighted by Crippen LogP contribution is 2.39. The van der Waals surface area contributed by atoms with Gasteiger partial charge in [0.1, 0.15) is 0 Å². The van der Waals surface area contributed by atoms with E-state index in [-0.39, 0.29) is 28.8 Å². The van der Waals surface area contributed by atoms with Crippen molar-refractivity contribution in [1.29, 1.82) is 0 Å². The lowest BCUT2D eigenvalue weighted by atomic mass is 9.83. The molecule has 0 heterocycles. The van der Waals surface area contributed by atoms with E-state index in [4.69, 9.17) is 16.7 Å². The van der Waals surface area contributed by atoms with Crippen molar-refractivity contribution < 1.29 is 31.4 Å². The molecule has 0 aliphatic heterocycles. The molecule has 0 saturated heterocycles. The van der Waals surface area contributed by atoms with Gasteiger partial charge >= 0.3 is 12.4 Å². The van der Waals surface area contributed by atoms with E-state index in [0.717, 1.165) is 62.5 Å². The lowest BCUT2D eigenvalue weighted by Crippen LogP contribution is -2.12. The Morgan fingerprint density at radius 3 is 1.39 bits per heavy atom. The van der Waals surface area contributed by atoms with Crippen LogP contribution in [0.1, 0.15) is 109 Å². The smallest absolute Gasteiger partial charge is 0.392 e. The molecular formula is C28H33ClF6O. The Kier molecular flexibility index (Phi) is 10.2. The molecule has 36 heavy (non-hydrogen) atoms. The van der Waals surface area contributed by atoms with Crippen molar-refractivity contribution in [3.8, 4) is 0 Å². The average molecular weight is 535 g/mol. The van der Waals surface area contributed by atoms with Crippen LogP contribution in [0.15, 0.2) is 36.4 Å². The van der Waals surface area contributed by atoms with Gasteiger partial charge in [-0.3, -0.25) is 0 Å². The van der Waals surface area contributed by atoms with Crippen molar-refractivity contribution in [2.75, 3.05) is 0 Å². The number of alkyl halides is 7. The highest BCUT2D eigenvalue weighted by molar-refractivity contribution is 6.17. The number of aliphatic hydroxyl groups excluding tert-OH is 1. The molecule has 0 aromatic heterocycles. The molecule has 2 fully saturated rings. The molecule has 2 saturated carbocycles. The Morgan fingerprint density at radius 1 is 0.639 bits per heavy atom. The van der Waals surface area contributed by atoms with E-state index in [1.807, 2.05) is 6.07 Å². The average Bonchev–Trinajstić information content (AvgIpc) is 2.88. The number of hydrogen-bond donors (Lipinski definition) is 1. The van der Waals surface area contributed by atoms with Crippen LogP contribution in [-0.2, 0) is 24.8 Å². The molecule has 8 heteroatoms. The predicted molar refractivity (Wildman–Crippen MR) is 130 cm³/mol. The van der Waals surface area contributed by atoms with Gasteiger partial charge in [0.25, 0.3) is 0 Å². The van der Waals surface area contributed by atoms with Crippen LogP contribution < -0.4 is 0 Å². The van der Waals surface area contributed by atoms with Gasteiger partial charge < -0.3 is 5.11 Å². The van der Waals surface area contributed by atoms with E-state index < -0.39 is 30.1 Å². The molecule has 4 rings (SSSR count). The summed E-state index contributed by atoms with van der Waals surface area (Å²) in [5, 5.41) is 8.98. The normalized spacial score (nSPS) is 18.0. The molecule has 1 N–H and O–H groups in total. The van der Waals surface area contributed by atoms with Crippen molar-refractivity contribution >= 4 is 11.6 Å². The fourth-order valence-electron chi connectivity index (χ4n) is 5.35. The van der Waals surface area contributed by atoms with Crippen LogP contribution in [-0.4, -0.2) is 5.11 Å². The molecular weight excluding hydrogens is 502 g/mol. The summed E-state index contributed by atoms with van der Waals surface area (Å²) in [6.45, 7) is -0.570. The van der Waals surface area contributed by atoms with Crippen LogP contribution in [0.4, 0.5) is 26.3 Å². The Balaban J connectivity index is 0.000000201. The van der Waals surface area contributed by atoms with Gasteiger partial charge in [-0.1, -0.05) is 62.8 Å². The summed E-state index contributed by atoms with van der Waals surface area (Å²) in [7, 11) is 0. The SMILES string of the molecule is FC(F)(F)c1cc(C2CCCCC2)ccc1CCl.OCc1ccc(C2CCCCC2)cc1C(F)(F)F. The highest BCUT2D eigenvalue weighted by atomic mass is 35.5. The van der Waals surface area contributed by atoms with Crippen molar-refractivity contribution in [3.63, 3.8) is 0 Å². The Bertz CT molecular complexity index is 893. The third-order valence-electron chi connectivity index (χ3n) is 7.35. The number of aliphatic hydroxyl groups is 1. The summed E-state index contributed by atoms with van der Waals surface area (Å²) in [6.07, 6.45) is 2.02. The topological polar surface area (TPSA) is 20.2 Å². The minimum Gasteiger partial charge on any atom is -0.392 e. The Labute approximate surface area is 213 Å². The van der Waals surface area contributed by atoms with Crippen molar-refractivity contribution in [3.05, 3.63) is 69.8 Å². The third kappa shape index (κ3) is 7.64. The number of rotatable bonds is 4. The largest absolute Gasteiger partial charge is 0.416 e. The molecule has 200 valence electrons. The molecule has 0 radical (unpaired) electrons. The van der Waals surface area contributed by atoms with Gasteiger partial charge in [0.2, 0.25) is 0 Å². The van der Waals surface area contributed by atoms with Crippen molar-refractivity contribution in [2.45, 2.75) is 101 Å². The second kappa shape index (κ2) is 12.7. The molecule has 2 aliphatic carbocycles. The zero-order valence-electron chi connectivity index (χ0n) is 20.2. The van der Waals surface area contributed by atoms with E-state index in [1.54, 1.807) is 6.07 Å². The van der Waals surface area contributed by atoms with E-state index in [9.17, 15) is 26.3 Å². The standard InChI is InChI=1S/C14H16ClF3.C14H17F3O/c15-9-12-7-6-11(8-13(12)14(16,17)18)10-4-2-1-3-5-10;15-14(16,17)13-8-11(6-7-12(13)9-18)10-4-2-1-3-5-10/h6-8,10H,1-5,9H2;6-8,10,18H,1-5,9H2. The first-order valence-corrected chi connectivity index (χ1v) is 13.1. The van der Waals surface area contributed by atoms with Crippen LogP contribution in [0.5, 0.6) is 0 Å². The van der Waals surface area contributed by atoms with E-state index in [1.165, 1.54) is 37.1 Å². The minimum absolute atomic E-state index is 0.0398. The maximum atomic E-state index is 12.9. The molecule has 1 nitrogen and oxygen atoms in total. The van der Waals surface area contributed by atoms with Gasteiger partial charge in [-0.05, 0) is 71.9 Å².